The number of nitrogens with one attached hydrogen (secondary N) is 1. The monoisotopic (exact) mass is 414 g/mol. The summed E-state index contributed by atoms with van der Waals surface area (Å²) < 4.78 is 16.6. The van der Waals surface area contributed by atoms with Crippen LogP contribution in [0.1, 0.15) is 21.7 Å². The van der Waals surface area contributed by atoms with E-state index in [1.165, 1.54) is 0 Å². The van der Waals surface area contributed by atoms with Crippen LogP contribution < -0.4 is 14.8 Å². The molecule has 156 valence electrons. The molecule has 0 aliphatic rings. The minimum absolute atomic E-state index is 0.160. The number of methoxy groups -OCH3 is 1. The number of aromatic nitrogens is 1. The van der Waals surface area contributed by atoms with E-state index in [-0.39, 0.29) is 12.5 Å². The number of hydrogen-bond donors (Lipinski definition) is 1. The highest BCUT2D eigenvalue weighted by molar-refractivity contribution is 5.94. The second kappa shape index (κ2) is 9.63. The molecule has 0 saturated heterocycles. The van der Waals surface area contributed by atoms with Crippen LogP contribution in [0.25, 0.3) is 11.3 Å². The van der Waals surface area contributed by atoms with Crippen LogP contribution in [0.4, 0.5) is 0 Å². The molecular formula is C25H22N2O4. The molecule has 0 spiro atoms. The Bertz CT molecular complexity index is 1150. The molecule has 0 aliphatic heterocycles. The van der Waals surface area contributed by atoms with Crippen LogP contribution in [0.2, 0.25) is 0 Å². The Hall–Kier alpha value is -4.06. The maximum absolute atomic E-state index is 12.5. The van der Waals surface area contributed by atoms with Gasteiger partial charge < -0.3 is 19.3 Å². The average Bonchev–Trinajstić information content (AvgIpc) is 3.31. The Morgan fingerprint density at radius 2 is 1.77 bits per heavy atom. The SMILES string of the molecule is COc1ccccc1-c1cc(COc2cccc(C(=O)NCc3ccccc3)c2)on1. The third-order valence-electron chi connectivity index (χ3n) is 4.72. The van der Waals surface area contributed by atoms with E-state index in [0.29, 0.717) is 29.3 Å². The molecule has 1 amide bonds. The Kier molecular flexibility index (Phi) is 6.28. The zero-order valence-electron chi connectivity index (χ0n) is 17.1. The average molecular weight is 414 g/mol. The van der Waals surface area contributed by atoms with Crippen molar-refractivity contribution in [2.75, 3.05) is 7.11 Å². The highest BCUT2D eigenvalue weighted by Gasteiger charge is 2.12. The van der Waals surface area contributed by atoms with Crippen molar-refractivity contribution in [3.05, 3.63) is 102 Å². The van der Waals surface area contributed by atoms with Gasteiger partial charge >= 0.3 is 0 Å². The minimum Gasteiger partial charge on any atom is -0.496 e. The second-order valence-electron chi connectivity index (χ2n) is 6.86. The molecule has 0 atom stereocenters. The minimum atomic E-state index is -0.160. The molecule has 6 heteroatoms. The Morgan fingerprint density at radius 3 is 2.61 bits per heavy atom. The van der Waals surface area contributed by atoms with Crippen molar-refractivity contribution >= 4 is 5.91 Å². The molecule has 4 aromatic rings. The van der Waals surface area contributed by atoms with Gasteiger partial charge in [0.2, 0.25) is 0 Å². The summed E-state index contributed by atoms with van der Waals surface area (Å²) >= 11 is 0. The first-order chi connectivity index (χ1) is 15.2. The molecule has 0 fully saturated rings. The van der Waals surface area contributed by atoms with Crippen molar-refractivity contribution in [1.82, 2.24) is 10.5 Å². The van der Waals surface area contributed by atoms with Crippen molar-refractivity contribution in [1.29, 1.82) is 0 Å². The third-order valence-corrected chi connectivity index (χ3v) is 4.72. The predicted molar refractivity (Wildman–Crippen MR) is 117 cm³/mol. The molecule has 6 nitrogen and oxygen atoms in total. The zero-order chi connectivity index (χ0) is 21.5. The number of benzene rings is 3. The largest absolute Gasteiger partial charge is 0.496 e. The van der Waals surface area contributed by atoms with Crippen LogP contribution in [0.5, 0.6) is 11.5 Å². The quantitative estimate of drug-likeness (QED) is 0.446. The molecule has 0 saturated carbocycles. The fourth-order valence-electron chi connectivity index (χ4n) is 3.13. The Morgan fingerprint density at radius 1 is 0.968 bits per heavy atom. The normalized spacial score (nSPS) is 10.5. The summed E-state index contributed by atoms with van der Waals surface area (Å²) in [7, 11) is 1.62. The van der Waals surface area contributed by atoms with Gasteiger partial charge in [0.25, 0.3) is 5.91 Å². The molecule has 1 aromatic heterocycles. The van der Waals surface area contributed by atoms with Crippen LogP contribution in [-0.2, 0) is 13.2 Å². The van der Waals surface area contributed by atoms with E-state index in [1.807, 2.05) is 60.7 Å². The topological polar surface area (TPSA) is 73.6 Å². The second-order valence-corrected chi connectivity index (χ2v) is 6.86. The van der Waals surface area contributed by atoms with Crippen molar-refractivity contribution in [2.24, 2.45) is 0 Å². The zero-order valence-corrected chi connectivity index (χ0v) is 17.1. The standard InChI is InChI=1S/C25H22N2O4/c1-29-24-13-6-5-12-22(24)23-15-21(31-27-23)17-30-20-11-7-10-19(14-20)25(28)26-16-18-8-3-2-4-9-18/h2-15H,16-17H2,1H3,(H,26,28). The highest BCUT2D eigenvalue weighted by Crippen LogP contribution is 2.29. The summed E-state index contributed by atoms with van der Waals surface area (Å²) in [6.07, 6.45) is 0. The summed E-state index contributed by atoms with van der Waals surface area (Å²) in [5.41, 5.74) is 3.09. The van der Waals surface area contributed by atoms with E-state index in [4.69, 9.17) is 14.0 Å². The molecule has 1 heterocycles. The molecular weight excluding hydrogens is 392 g/mol. The molecule has 0 bridgehead atoms. The first-order valence-electron chi connectivity index (χ1n) is 9.87. The highest BCUT2D eigenvalue weighted by atomic mass is 16.5. The van der Waals surface area contributed by atoms with Gasteiger partial charge in [-0.3, -0.25) is 4.79 Å². The maximum atomic E-state index is 12.5. The molecule has 1 N–H and O–H groups in total. The molecule has 31 heavy (non-hydrogen) atoms. The molecule has 4 rings (SSSR count). The molecule has 0 unspecified atom stereocenters. The van der Waals surface area contributed by atoms with Gasteiger partial charge in [0, 0.05) is 23.7 Å². The number of para-hydroxylation sites is 1. The van der Waals surface area contributed by atoms with E-state index < -0.39 is 0 Å². The summed E-state index contributed by atoms with van der Waals surface area (Å²) in [5, 5.41) is 7.02. The number of hydrogen-bond acceptors (Lipinski definition) is 5. The van der Waals surface area contributed by atoms with Gasteiger partial charge in [-0.15, -0.1) is 0 Å². The molecule has 3 aromatic carbocycles. The summed E-state index contributed by atoms with van der Waals surface area (Å²) in [6, 6.07) is 26.2. The summed E-state index contributed by atoms with van der Waals surface area (Å²) in [6.45, 7) is 0.659. The lowest BCUT2D eigenvalue weighted by molar-refractivity contribution is 0.0950. The van der Waals surface area contributed by atoms with E-state index in [2.05, 4.69) is 10.5 Å². The van der Waals surface area contributed by atoms with E-state index in [9.17, 15) is 4.79 Å². The number of rotatable bonds is 8. The van der Waals surface area contributed by atoms with Gasteiger partial charge in [-0.2, -0.15) is 0 Å². The van der Waals surface area contributed by atoms with Crippen LogP contribution in [0.3, 0.4) is 0 Å². The van der Waals surface area contributed by atoms with Gasteiger partial charge in [-0.05, 0) is 35.9 Å². The number of nitrogens with zero attached hydrogens (tertiary/aromatic N) is 1. The lowest BCUT2D eigenvalue weighted by Gasteiger charge is -2.08. The fraction of sp³-hybridized carbons (Fsp3) is 0.120. The van der Waals surface area contributed by atoms with Crippen LogP contribution in [0.15, 0.2) is 89.5 Å². The smallest absolute Gasteiger partial charge is 0.251 e. The Labute approximate surface area is 180 Å². The van der Waals surface area contributed by atoms with Gasteiger partial charge in [0.05, 0.1) is 7.11 Å². The van der Waals surface area contributed by atoms with Gasteiger partial charge in [-0.25, -0.2) is 0 Å². The van der Waals surface area contributed by atoms with Gasteiger partial charge in [0.15, 0.2) is 5.76 Å². The van der Waals surface area contributed by atoms with Crippen molar-refractivity contribution in [3.63, 3.8) is 0 Å². The van der Waals surface area contributed by atoms with Gasteiger partial charge in [0.1, 0.15) is 23.8 Å². The predicted octanol–water partition coefficient (Wildman–Crippen LogP) is 4.86. The lowest BCUT2D eigenvalue weighted by Crippen LogP contribution is -2.22. The van der Waals surface area contributed by atoms with Crippen LogP contribution >= 0.6 is 0 Å². The van der Waals surface area contributed by atoms with E-state index in [1.54, 1.807) is 31.4 Å². The van der Waals surface area contributed by atoms with Crippen LogP contribution in [0, 0.1) is 0 Å². The Balaban J connectivity index is 1.37. The maximum Gasteiger partial charge on any atom is 0.251 e. The lowest BCUT2D eigenvalue weighted by atomic mass is 10.1. The number of carbonyl (C=O) groups is 1. The van der Waals surface area contributed by atoms with Crippen molar-refractivity contribution in [3.8, 4) is 22.8 Å². The van der Waals surface area contributed by atoms with Crippen molar-refractivity contribution < 1.29 is 18.8 Å². The van der Waals surface area contributed by atoms with E-state index >= 15 is 0 Å². The first-order valence-corrected chi connectivity index (χ1v) is 9.87. The van der Waals surface area contributed by atoms with Crippen LogP contribution in [-0.4, -0.2) is 18.2 Å². The fourth-order valence-corrected chi connectivity index (χ4v) is 3.13. The van der Waals surface area contributed by atoms with E-state index in [0.717, 1.165) is 16.9 Å². The summed E-state index contributed by atoms with van der Waals surface area (Å²) in [5.74, 6) is 1.70. The number of carbonyl (C=O) groups excluding carboxylic acids is 1. The molecule has 0 aliphatic carbocycles. The third kappa shape index (κ3) is 5.11. The van der Waals surface area contributed by atoms with Crippen molar-refractivity contribution in [2.45, 2.75) is 13.2 Å². The summed E-state index contributed by atoms with van der Waals surface area (Å²) in [4.78, 5) is 12.5. The number of amides is 1. The molecule has 0 radical (unpaired) electrons. The first kappa shape index (κ1) is 20.2. The number of ether oxygens (including phenoxy) is 2. The van der Waals surface area contributed by atoms with Gasteiger partial charge in [-0.1, -0.05) is 53.7 Å².